The van der Waals surface area contributed by atoms with Crippen LogP contribution in [0.5, 0.6) is 0 Å². The minimum Gasteiger partial charge on any atom is -0.448 e. The lowest BCUT2D eigenvalue weighted by molar-refractivity contribution is 0.0927. The fraction of sp³-hybridized carbons (Fsp3) is 0.0909. The molecule has 1 amide bonds. The van der Waals surface area contributed by atoms with E-state index < -0.39 is 0 Å². The number of nitrogens with one attached hydrogen (secondary N) is 2. The van der Waals surface area contributed by atoms with E-state index in [4.69, 9.17) is 4.42 Å². The van der Waals surface area contributed by atoms with E-state index in [9.17, 15) is 4.79 Å². The monoisotopic (exact) mass is 387 g/mol. The van der Waals surface area contributed by atoms with E-state index in [0.29, 0.717) is 18.1 Å². The number of thiazole rings is 1. The van der Waals surface area contributed by atoms with Crippen LogP contribution in [0.15, 0.2) is 71.3 Å². The maximum absolute atomic E-state index is 12.4. The Bertz CT molecular complexity index is 1250. The summed E-state index contributed by atoms with van der Waals surface area (Å²) in [5, 5.41) is 4.89. The molecule has 0 unspecified atom stereocenters. The Morgan fingerprint density at radius 2 is 1.93 bits per heavy atom. The van der Waals surface area contributed by atoms with Crippen molar-refractivity contribution in [2.24, 2.45) is 0 Å². The van der Waals surface area contributed by atoms with Crippen molar-refractivity contribution in [1.29, 1.82) is 0 Å². The van der Waals surface area contributed by atoms with E-state index >= 15 is 0 Å². The number of benzene rings is 2. The molecule has 0 atom stereocenters. The highest BCUT2D eigenvalue weighted by atomic mass is 32.1. The topological polar surface area (TPSA) is 70.9 Å². The van der Waals surface area contributed by atoms with Gasteiger partial charge in [0, 0.05) is 23.6 Å². The summed E-state index contributed by atoms with van der Waals surface area (Å²) in [6.07, 6.45) is 2.75. The molecule has 0 aliphatic rings. The molecule has 0 radical (unpaired) electrons. The molecule has 2 aromatic carbocycles. The Morgan fingerprint density at radius 1 is 1.07 bits per heavy atom. The number of furan rings is 1. The maximum Gasteiger partial charge on any atom is 0.287 e. The van der Waals surface area contributed by atoms with Crippen LogP contribution in [-0.4, -0.2) is 22.4 Å². The summed E-state index contributed by atoms with van der Waals surface area (Å²) >= 11 is 1.55. The molecular formula is C22H17N3O2S. The predicted molar refractivity (Wildman–Crippen MR) is 112 cm³/mol. The van der Waals surface area contributed by atoms with Crippen LogP contribution in [0.4, 0.5) is 0 Å². The highest BCUT2D eigenvalue weighted by molar-refractivity contribution is 7.21. The van der Waals surface area contributed by atoms with Crippen molar-refractivity contribution in [1.82, 2.24) is 15.3 Å². The number of hydrogen-bond acceptors (Lipinski definition) is 4. The first-order valence-corrected chi connectivity index (χ1v) is 9.88. The lowest BCUT2D eigenvalue weighted by Gasteiger charge is -2.02. The number of H-pyrrole nitrogens is 1. The predicted octanol–water partition coefficient (Wildman–Crippen LogP) is 5.01. The van der Waals surface area contributed by atoms with Crippen LogP contribution in [0.2, 0.25) is 0 Å². The SMILES string of the molecule is O=C(NCCc1c[nH]c2ccccc12)c1ccc(-c2nc3ccccc3s2)o1. The third-order valence-corrected chi connectivity index (χ3v) is 5.74. The molecule has 0 aliphatic heterocycles. The van der Waals surface area contributed by atoms with Crippen molar-refractivity contribution < 1.29 is 9.21 Å². The molecule has 5 nitrogen and oxygen atoms in total. The third kappa shape index (κ3) is 3.08. The second kappa shape index (κ2) is 6.98. The first-order chi connectivity index (χ1) is 13.8. The van der Waals surface area contributed by atoms with E-state index in [0.717, 1.165) is 27.2 Å². The van der Waals surface area contributed by atoms with E-state index in [2.05, 4.69) is 21.4 Å². The molecule has 5 aromatic rings. The lowest BCUT2D eigenvalue weighted by atomic mass is 10.1. The molecule has 2 N–H and O–H groups in total. The van der Waals surface area contributed by atoms with Crippen molar-refractivity contribution in [3.05, 3.63) is 78.2 Å². The summed E-state index contributed by atoms with van der Waals surface area (Å²) in [5.41, 5.74) is 3.23. The molecule has 5 rings (SSSR count). The zero-order valence-electron chi connectivity index (χ0n) is 14.9. The zero-order chi connectivity index (χ0) is 18.9. The standard InChI is InChI=1S/C22H17N3O2S/c26-21(23-12-11-14-13-24-16-6-2-1-5-15(14)16)18-9-10-19(27-18)22-25-17-7-3-4-8-20(17)28-22/h1-10,13,24H,11-12H2,(H,23,26). The molecule has 6 heteroatoms. The first-order valence-electron chi connectivity index (χ1n) is 9.07. The second-order valence-corrected chi connectivity index (χ2v) is 7.55. The normalized spacial score (nSPS) is 11.3. The van der Waals surface area contributed by atoms with Crippen LogP contribution >= 0.6 is 11.3 Å². The molecule has 138 valence electrons. The summed E-state index contributed by atoms with van der Waals surface area (Å²) in [4.78, 5) is 20.2. The van der Waals surface area contributed by atoms with Crippen molar-refractivity contribution in [3.63, 3.8) is 0 Å². The fourth-order valence-corrected chi connectivity index (χ4v) is 4.22. The number of carbonyl (C=O) groups excluding carboxylic acids is 1. The molecule has 0 fully saturated rings. The molecule has 0 spiro atoms. The van der Waals surface area contributed by atoms with Gasteiger partial charge in [0.25, 0.3) is 5.91 Å². The lowest BCUT2D eigenvalue weighted by Crippen LogP contribution is -2.25. The largest absolute Gasteiger partial charge is 0.448 e. The Morgan fingerprint density at radius 3 is 2.86 bits per heavy atom. The molecule has 0 aliphatic carbocycles. The van der Waals surface area contributed by atoms with Gasteiger partial charge in [0.1, 0.15) is 0 Å². The summed E-state index contributed by atoms with van der Waals surface area (Å²) < 4.78 is 6.84. The van der Waals surface area contributed by atoms with Gasteiger partial charge in [-0.25, -0.2) is 4.98 Å². The molecular weight excluding hydrogens is 370 g/mol. The van der Waals surface area contributed by atoms with Crippen LogP contribution in [-0.2, 0) is 6.42 Å². The number of para-hydroxylation sites is 2. The van der Waals surface area contributed by atoms with Gasteiger partial charge in [0.15, 0.2) is 16.5 Å². The van der Waals surface area contributed by atoms with Crippen LogP contribution in [0.3, 0.4) is 0 Å². The molecule has 0 bridgehead atoms. The van der Waals surface area contributed by atoms with Crippen LogP contribution in [0.1, 0.15) is 16.1 Å². The number of fused-ring (bicyclic) bond motifs is 2. The average Bonchev–Trinajstić information content (AvgIpc) is 3.45. The summed E-state index contributed by atoms with van der Waals surface area (Å²) in [6.45, 7) is 0.540. The van der Waals surface area contributed by atoms with Gasteiger partial charge < -0.3 is 14.7 Å². The Kier molecular flexibility index (Phi) is 4.18. The highest BCUT2D eigenvalue weighted by Gasteiger charge is 2.15. The van der Waals surface area contributed by atoms with Gasteiger partial charge >= 0.3 is 0 Å². The quantitative estimate of drug-likeness (QED) is 0.445. The summed E-state index contributed by atoms with van der Waals surface area (Å²) in [5.74, 6) is 0.698. The van der Waals surface area contributed by atoms with Gasteiger partial charge in [-0.05, 0) is 42.3 Å². The highest BCUT2D eigenvalue weighted by Crippen LogP contribution is 2.31. The number of rotatable bonds is 5. The van der Waals surface area contributed by atoms with Crippen molar-refractivity contribution in [2.75, 3.05) is 6.54 Å². The molecule has 0 saturated carbocycles. The minimum absolute atomic E-state index is 0.216. The summed E-state index contributed by atoms with van der Waals surface area (Å²) in [6, 6.07) is 19.6. The smallest absolute Gasteiger partial charge is 0.287 e. The zero-order valence-corrected chi connectivity index (χ0v) is 15.8. The Hall–Kier alpha value is -3.38. The number of hydrogen-bond donors (Lipinski definition) is 2. The fourth-order valence-electron chi connectivity index (χ4n) is 3.29. The molecule has 0 saturated heterocycles. The van der Waals surface area contributed by atoms with E-state index in [1.165, 1.54) is 10.9 Å². The average molecular weight is 387 g/mol. The van der Waals surface area contributed by atoms with Gasteiger partial charge in [-0.2, -0.15) is 0 Å². The van der Waals surface area contributed by atoms with Gasteiger partial charge in [-0.1, -0.05) is 30.3 Å². The van der Waals surface area contributed by atoms with Crippen LogP contribution in [0.25, 0.3) is 31.9 Å². The minimum atomic E-state index is -0.216. The van der Waals surface area contributed by atoms with Crippen LogP contribution in [0, 0.1) is 0 Å². The number of aromatic nitrogens is 2. The van der Waals surface area contributed by atoms with Gasteiger partial charge in [0.2, 0.25) is 0 Å². The number of aromatic amines is 1. The maximum atomic E-state index is 12.4. The second-order valence-electron chi connectivity index (χ2n) is 6.52. The van der Waals surface area contributed by atoms with Gasteiger partial charge in [-0.15, -0.1) is 11.3 Å². The van der Waals surface area contributed by atoms with E-state index in [1.54, 1.807) is 23.5 Å². The number of nitrogens with zero attached hydrogens (tertiary/aromatic N) is 1. The van der Waals surface area contributed by atoms with Crippen molar-refractivity contribution in [3.8, 4) is 10.8 Å². The summed E-state index contributed by atoms with van der Waals surface area (Å²) in [7, 11) is 0. The van der Waals surface area contributed by atoms with Crippen molar-refractivity contribution >= 4 is 38.4 Å². The van der Waals surface area contributed by atoms with E-state index in [1.807, 2.05) is 48.7 Å². The van der Waals surface area contributed by atoms with E-state index in [-0.39, 0.29) is 5.91 Å². The Labute approximate surface area is 165 Å². The number of amides is 1. The number of carbonyl (C=O) groups is 1. The molecule has 28 heavy (non-hydrogen) atoms. The van der Waals surface area contributed by atoms with Gasteiger partial charge in [0.05, 0.1) is 10.2 Å². The van der Waals surface area contributed by atoms with Crippen LogP contribution < -0.4 is 5.32 Å². The Balaban J connectivity index is 1.26. The molecule has 3 heterocycles. The molecule has 3 aromatic heterocycles. The van der Waals surface area contributed by atoms with Gasteiger partial charge in [-0.3, -0.25) is 4.79 Å². The first kappa shape index (κ1) is 16.8. The van der Waals surface area contributed by atoms with Crippen molar-refractivity contribution in [2.45, 2.75) is 6.42 Å². The third-order valence-electron chi connectivity index (χ3n) is 4.69.